The zero-order valence-corrected chi connectivity index (χ0v) is 47.3. The van der Waals surface area contributed by atoms with Gasteiger partial charge in [0.1, 0.15) is 0 Å². The fourth-order valence-electron chi connectivity index (χ4n) is 9.91. The lowest BCUT2D eigenvalue weighted by Crippen LogP contribution is -2.45. The van der Waals surface area contributed by atoms with Crippen molar-refractivity contribution in [3.05, 3.63) is 24.3 Å². The maximum absolute atomic E-state index is 12.5. The van der Waals surface area contributed by atoms with Gasteiger partial charge in [-0.2, -0.15) is 0 Å². The molecule has 0 saturated carbocycles. The normalized spacial score (nSPS) is 12.7. The summed E-state index contributed by atoms with van der Waals surface area (Å²) in [6, 6.07) is -0.542. The van der Waals surface area contributed by atoms with Crippen molar-refractivity contribution in [2.24, 2.45) is 0 Å². The molecule has 0 saturated heterocycles. The van der Waals surface area contributed by atoms with Crippen molar-refractivity contribution in [2.45, 2.75) is 360 Å². The highest BCUT2D eigenvalue weighted by atomic mass is 16.5. The summed E-state index contributed by atoms with van der Waals surface area (Å²) in [7, 11) is 0. The number of aliphatic hydroxyl groups excluding tert-OH is 2. The molecule has 0 spiro atoms. The molecule has 0 aromatic heterocycles. The number of nitrogens with one attached hydrogen (secondary N) is 1. The molecule has 0 aromatic rings. The molecule has 0 radical (unpaired) electrons. The minimum absolute atomic E-state index is 0.00478. The molecule has 6 nitrogen and oxygen atoms in total. The molecular weight excluding hydrogens is 863 g/mol. The third-order valence-corrected chi connectivity index (χ3v) is 14.8. The molecule has 2 atom stereocenters. The average Bonchev–Trinajstić information content (AvgIpc) is 3.36. The molecule has 0 bridgehead atoms. The zero-order chi connectivity index (χ0) is 50.7. The number of hydrogen-bond donors (Lipinski definition) is 3. The number of hydrogen-bond acceptors (Lipinski definition) is 5. The summed E-state index contributed by atoms with van der Waals surface area (Å²) in [5, 5.41) is 23.3. The Morgan fingerprint density at radius 3 is 1.11 bits per heavy atom. The van der Waals surface area contributed by atoms with Crippen LogP contribution in [0.5, 0.6) is 0 Å². The molecular formula is C64H123NO5. The predicted molar refractivity (Wildman–Crippen MR) is 306 cm³/mol. The van der Waals surface area contributed by atoms with Crippen LogP contribution >= 0.6 is 0 Å². The largest absolute Gasteiger partial charge is 0.466 e. The zero-order valence-electron chi connectivity index (χ0n) is 47.3. The molecule has 0 aliphatic carbocycles. The molecule has 70 heavy (non-hydrogen) atoms. The van der Waals surface area contributed by atoms with Gasteiger partial charge >= 0.3 is 5.97 Å². The van der Waals surface area contributed by atoms with E-state index in [0.717, 1.165) is 51.4 Å². The number of rotatable bonds is 59. The van der Waals surface area contributed by atoms with Crippen molar-refractivity contribution in [3.63, 3.8) is 0 Å². The van der Waals surface area contributed by atoms with Gasteiger partial charge in [-0.1, -0.05) is 301 Å². The van der Waals surface area contributed by atoms with E-state index in [9.17, 15) is 19.8 Å². The minimum Gasteiger partial charge on any atom is -0.466 e. The SMILES string of the molecule is CCCCC/C=C\C/C=C\CCCCCCCCCC(=O)OCCCCCCCCCCCCCCCCCCCCCCCC(=O)NC(CO)C(O)CCCCCCCCCCCCCCCCC. The van der Waals surface area contributed by atoms with Gasteiger partial charge in [-0.25, -0.2) is 0 Å². The van der Waals surface area contributed by atoms with Crippen molar-refractivity contribution in [1.29, 1.82) is 0 Å². The summed E-state index contributed by atoms with van der Waals surface area (Å²) in [5.41, 5.74) is 0. The number of esters is 1. The molecule has 0 aliphatic rings. The molecule has 0 aromatic carbocycles. The highest BCUT2D eigenvalue weighted by molar-refractivity contribution is 5.76. The Hall–Kier alpha value is -1.66. The van der Waals surface area contributed by atoms with E-state index in [0.29, 0.717) is 25.9 Å². The molecule has 0 fully saturated rings. The number of aliphatic hydroxyl groups is 2. The quantitative estimate of drug-likeness (QED) is 0.0321. The van der Waals surface area contributed by atoms with Crippen LogP contribution in [0, 0.1) is 0 Å². The molecule has 1 amide bonds. The third-order valence-electron chi connectivity index (χ3n) is 14.8. The van der Waals surface area contributed by atoms with Crippen LogP contribution in [0.25, 0.3) is 0 Å². The Morgan fingerprint density at radius 2 is 0.714 bits per heavy atom. The molecule has 0 rings (SSSR count). The molecule has 0 aliphatic heterocycles. The first-order valence-corrected chi connectivity index (χ1v) is 31.6. The number of carbonyl (C=O) groups is 2. The Balaban J connectivity index is 3.37. The standard InChI is InChI=1S/C64H123NO5/c1-3-5-7-9-11-13-15-17-19-25-30-34-38-42-46-50-54-58-64(69)70-59-55-51-47-43-39-35-31-27-24-22-20-21-23-26-29-33-37-41-45-49-53-57-63(68)65-61(60-66)62(67)56-52-48-44-40-36-32-28-18-16-14-12-10-8-6-4-2/h11,13,17,19,61-62,66-67H,3-10,12,14-16,18,20-60H2,1-2H3,(H,65,68)/b13-11-,19-17-. The topological polar surface area (TPSA) is 95.9 Å². The Labute approximate surface area is 437 Å². The second-order valence-electron chi connectivity index (χ2n) is 21.7. The first-order chi connectivity index (χ1) is 34.5. The second-order valence-corrected chi connectivity index (χ2v) is 21.7. The van der Waals surface area contributed by atoms with Gasteiger partial charge in [0.05, 0.1) is 25.4 Å². The van der Waals surface area contributed by atoms with Crippen LogP contribution in [-0.2, 0) is 14.3 Å². The van der Waals surface area contributed by atoms with E-state index in [-0.39, 0.29) is 18.5 Å². The van der Waals surface area contributed by atoms with Gasteiger partial charge in [0.25, 0.3) is 0 Å². The fraction of sp³-hybridized carbons (Fsp3) is 0.906. The fourth-order valence-corrected chi connectivity index (χ4v) is 9.91. The van der Waals surface area contributed by atoms with Gasteiger partial charge in [0, 0.05) is 12.8 Å². The van der Waals surface area contributed by atoms with Crippen LogP contribution in [-0.4, -0.2) is 47.4 Å². The predicted octanol–water partition coefficient (Wildman–Crippen LogP) is 19.8. The van der Waals surface area contributed by atoms with E-state index in [1.165, 1.54) is 263 Å². The van der Waals surface area contributed by atoms with E-state index < -0.39 is 12.1 Å². The number of amides is 1. The summed E-state index contributed by atoms with van der Waals surface area (Å²) in [4.78, 5) is 24.6. The van der Waals surface area contributed by atoms with Crippen LogP contribution in [0.3, 0.4) is 0 Å². The first-order valence-electron chi connectivity index (χ1n) is 31.6. The highest BCUT2D eigenvalue weighted by Gasteiger charge is 2.20. The van der Waals surface area contributed by atoms with Gasteiger partial charge in [0.15, 0.2) is 0 Å². The van der Waals surface area contributed by atoms with Crippen molar-refractivity contribution in [2.75, 3.05) is 13.2 Å². The molecule has 2 unspecified atom stereocenters. The van der Waals surface area contributed by atoms with Gasteiger partial charge < -0.3 is 20.3 Å². The summed E-state index contributed by atoms with van der Waals surface area (Å²) in [5.74, 6) is -0.0292. The van der Waals surface area contributed by atoms with Crippen molar-refractivity contribution in [3.8, 4) is 0 Å². The monoisotopic (exact) mass is 986 g/mol. The van der Waals surface area contributed by atoms with E-state index in [4.69, 9.17) is 4.74 Å². The summed E-state index contributed by atoms with van der Waals surface area (Å²) >= 11 is 0. The summed E-state index contributed by atoms with van der Waals surface area (Å²) < 4.78 is 5.49. The number of ether oxygens (including phenoxy) is 1. The Bertz CT molecular complexity index is 1090. The lowest BCUT2D eigenvalue weighted by Gasteiger charge is -2.22. The average molecular weight is 987 g/mol. The number of allylic oxidation sites excluding steroid dienone is 4. The van der Waals surface area contributed by atoms with E-state index in [2.05, 4.69) is 43.5 Å². The van der Waals surface area contributed by atoms with E-state index in [1.807, 2.05) is 0 Å². The van der Waals surface area contributed by atoms with Crippen LogP contribution in [0.2, 0.25) is 0 Å². The molecule has 3 N–H and O–H groups in total. The maximum Gasteiger partial charge on any atom is 0.305 e. The lowest BCUT2D eigenvalue weighted by atomic mass is 10.0. The van der Waals surface area contributed by atoms with Crippen LogP contribution in [0.4, 0.5) is 0 Å². The van der Waals surface area contributed by atoms with Crippen LogP contribution in [0.1, 0.15) is 348 Å². The number of carbonyl (C=O) groups excluding carboxylic acids is 2. The van der Waals surface area contributed by atoms with Gasteiger partial charge in [-0.3, -0.25) is 9.59 Å². The maximum atomic E-state index is 12.5. The first kappa shape index (κ1) is 68.3. The van der Waals surface area contributed by atoms with Crippen molar-refractivity contribution in [1.82, 2.24) is 5.32 Å². The van der Waals surface area contributed by atoms with E-state index in [1.54, 1.807) is 0 Å². The van der Waals surface area contributed by atoms with Crippen molar-refractivity contribution < 1.29 is 24.5 Å². The minimum atomic E-state index is -0.665. The van der Waals surface area contributed by atoms with Gasteiger partial charge in [0.2, 0.25) is 5.91 Å². The third kappa shape index (κ3) is 55.7. The Morgan fingerprint density at radius 1 is 0.400 bits per heavy atom. The van der Waals surface area contributed by atoms with Gasteiger partial charge in [-0.15, -0.1) is 0 Å². The highest BCUT2D eigenvalue weighted by Crippen LogP contribution is 2.18. The Kier molecular flexibility index (Phi) is 58.5. The van der Waals surface area contributed by atoms with E-state index >= 15 is 0 Å². The second kappa shape index (κ2) is 59.9. The van der Waals surface area contributed by atoms with Crippen LogP contribution in [0.15, 0.2) is 24.3 Å². The number of unbranched alkanes of at least 4 members (excludes halogenated alkanes) is 44. The van der Waals surface area contributed by atoms with Gasteiger partial charge in [-0.05, 0) is 57.8 Å². The summed E-state index contributed by atoms with van der Waals surface area (Å²) in [6.07, 6.45) is 73.3. The summed E-state index contributed by atoms with van der Waals surface area (Å²) in [6.45, 7) is 4.94. The molecule has 414 valence electrons. The molecule has 0 heterocycles. The molecule has 6 heteroatoms. The lowest BCUT2D eigenvalue weighted by molar-refractivity contribution is -0.143. The van der Waals surface area contributed by atoms with Crippen LogP contribution < -0.4 is 5.32 Å². The smallest absolute Gasteiger partial charge is 0.305 e. The van der Waals surface area contributed by atoms with Crippen molar-refractivity contribution >= 4 is 11.9 Å².